The number of carbonyl (C=O) groups is 1. The van der Waals surface area contributed by atoms with E-state index in [1.54, 1.807) is 6.08 Å². The Morgan fingerprint density at radius 2 is 1.19 bits per heavy atom. The summed E-state index contributed by atoms with van der Waals surface area (Å²) in [6, 6.07) is -0.744. The van der Waals surface area contributed by atoms with Gasteiger partial charge in [0.15, 0.2) is 0 Å². The van der Waals surface area contributed by atoms with E-state index < -0.39 is 18.2 Å². The van der Waals surface area contributed by atoms with Crippen molar-refractivity contribution in [2.45, 2.75) is 161 Å². The SMILES string of the molecule is CCCC/C=C\CCCCC(O)CC(=O)NC(CO)C(O)/C=C/CCCCCCCCCCCCC. The van der Waals surface area contributed by atoms with E-state index in [1.165, 1.54) is 77.0 Å². The molecule has 0 bridgehead atoms. The van der Waals surface area contributed by atoms with Crippen molar-refractivity contribution in [3.63, 3.8) is 0 Å². The van der Waals surface area contributed by atoms with Crippen molar-refractivity contribution in [3.8, 4) is 0 Å². The maximum Gasteiger partial charge on any atom is 0.222 e. The monoisotopic (exact) mass is 509 g/mol. The summed E-state index contributed by atoms with van der Waals surface area (Å²) in [6.45, 7) is 4.10. The first-order valence-electron chi connectivity index (χ1n) is 15.1. The fourth-order valence-corrected chi connectivity index (χ4v) is 4.32. The van der Waals surface area contributed by atoms with Gasteiger partial charge in [-0.2, -0.15) is 0 Å². The Bertz CT molecular complexity index is 535. The van der Waals surface area contributed by atoms with Crippen LogP contribution >= 0.6 is 0 Å². The predicted molar refractivity (Wildman–Crippen MR) is 153 cm³/mol. The zero-order valence-electron chi connectivity index (χ0n) is 23.6. The molecule has 0 aliphatic carbocycles. The highest BCUT2D eigenvalue weighted by Crippen LogP contribution is 2.12. The highest BCUT2D eigenvalue weighted by atomic mass is 16.3. The molecule has 3 unspecified atom stereocenters. The summed E-state index contributed by atoms with van der Waals surface area (Å²) in [5.41, 5.74) is 0. The summed E-state index contributed by atoms with van der Waals surface area (Å²) in [7, 11) is 0. The molecule has 0 aliphatic heterocycles. The number of carbonyl (C=O) groups excluding carboxylic acids is 1. The van der Waals surface area contributed by atoms with Crippen molar-refractivity contribution in [2.24, 2.45) is 0 Å². The molecule has 0 saturated heterocycles. The topological polar surface area (TPSA) is 89.8 Å². The Hall–Kier alpha value is -1.17. The third-order valence-corrected chi connectivity index (χ3v) is 6.73. The van der Waals surface area contributed by atoms with E-state index in [1.807, 2.05) is 6.08 Å². The Morgan fingerprint density at radius 3 is 1.78 bits per heavy atom. The van der Waals surface area contributed by atoms with Crippen LogP contribution in [0.25, 0.3) is 0 Å². The fraction of sp³-hybridized carbons (Fsp3) is 0.839. The number of unbranched alkanes of at least 4 members (excludes halogenated alkanes) is 15. The predicted octanol–water partition coefficient (Wildman–Crippen LogP) is 7.14. The second-order valence-corrected chi connectivity index (χ2v) is 10.4. The molecule has 1 amide bonds. The molecule has 0 fully saturated rings. The first kappa shape index (κ1) is 34.8. The summed E-state index contributed by atoms with van der Waals surface area (Å²) in [5.74, 6) is -0.334. The van der Waals surface area contributed by atoms with Gasteiger partial charge in [0.2, 0.25) is 5.91 Å². The molecule has 4 N–H and O–H groups in total. The van der Waals surface area contributed by atoms with Gasteiger partial charge in [0.1, 0.15) is 0 Å². The Labute approximate surface area is 222 Å². The van der Waals surface area contributed by atoms with E-state index >= 15 is 0 Å². The molecule has 0 aromatic carbocycles. The minimum absolute atomic E-state index is 0.00197. The van der Waals surface area contributed by atoms with Gasteiger partial charge >= 0.3 is 0 Å². The van der Waals surface area contributed by atoms with Gasteiger partial charge in [-0.05, 0) is 38.5 Å². The average molecular weight is 510 g/mol. The molecule has 0 radical (unpaired) electrons. The van der Waals surface area contributed by atoms with Crippen molar-refractivity contribution in [1.29, 1.82) is 0 Å². The van der Waals surface area contributed by atoms with Crippen LogP contribution in [-0.2, 0) is 4.79 Å². The second kappa shape index (κ2) is 26.9. The third-order valence-electron chi connectivity index (χ3n) is 6.73. The number of hydrogen-bond donors (Lipinski definition) is 4. The molecule has 3 atom stereocenters. The fourth-order valence-electron chi connectivity index (χ4n) is 4.32. The Morgan fingerprint density at radius 1 is 0.694 bits per heavy atom. The van der Waals surface area contributed by atoms with Crippen LogP contribution in [0.15, 0.2) is 24.3 Å². The Kier molecular flexibility index (Phi) is 26.0. The van der Waals surface area contributed by atoms with Crippen LogP contribution in [0.1, 0.15) is 142 Å². The van der Waals surface area contributed by atoms with E-state index in [0.717, 1.165) is 38.5 Å². The van der Waals surface area contributed by atoms with Crippen LogP contribution in [0, 0.1) is 0 Å². The van der Waals surface area contributed by atoms with E-state index in [4.69, 9.17) is 0 Å². The normalized spacial score (nSPS) is 14.5. The van der Waals surface area contributed by atoms with Crippen LogP contribution in [0.3, 0.4) is 0 Å². The average Bonchev–Trinajstić information content (AvgIpc) is 2.86. The number of amides is 1. The summed E-state index contributed by atoms with van der Waals surface area (Å²) < 4.78 is 0. The number of allylic oxidation sites excluding steroid dienone is 3. The molecule has 36 heavy (non-hydrogen) atoms. The highest BCUT2D eigenvalue weighted by Gasteiger charge is 2.19. The van der Waals surface area contributed by atoms with E-state index in [0.29, 0.717) is 6.42 Å². The Balaban J connectivity index is 3.85. The maximum atomic E-state index is 12.2. The van der Waals surface area contributed by atoms with E-state index in [2.05, 4.69) is 31.3 Å². The van der Waals surface area contributed by atoms with Crippen molar-refractivity contribution < 1.29 is 20.1 Å². The molecule has 212 valence electrons. The summed E-state index contributed by atoms with van der Waals surface area (Å²) in [4.78, 5) is 12.2. The largest absolute Gasteiger partial charge is 0.394 e. The molecular formula is C31H59NO4. The third kappa shape index (κ3) is 23.2. The van der Waals surface area contributed by atoms with Gasteiger partial charge in [-0.15, -0.1) is 0 Å². The maximum absolute atomic E-state index is 12.2. The zero-order valence-corrected chi connectivity index (χ0v) is 23.6. The van der Waals surface area contributed by atoms with Gasteiger partial charge in [-0.3, -0.25) is 4.79 Å². The van der Waals surface area contributed by atoms with Crippen LogP contribution in [0.4, 0.5) is 0 Å². The minimum atomic E-state index is -0.928. The molecule has 0 saturated carbocycles. The molecule has 0 heterocycles. The lowest BCUT2D eigenvalue weighted by molar-refractivity contribution is -0.124. The van der Waals surface area contributed by atoms with Crippen molar-refractivity contribution in [2.75, 3.05) is 6.61 Å². The second-order valence-electron chi connectivity index (χ2n) is 10.4. The van der Waals surface area contributed by atoms with Crippen LogP contribution < -0.4 is 5.32 Å². The molecule has 0 aromatic rings. The van der Waals surface area contributed by atoms with Crippen molar-refractivity contribution in [1.82, 2.24) is 5.32 Å². The molecular weight excluding hydrogens is 450 g/mol. The van der Waals surface area contributed by atoms with Crippen LogP contribution in [0.2, 0.25) is 0 Å². The van der Waals surface area contributed by atoms with Gasteiger partial charge in [-0.1, -0.05) is 122 Å². The van der Waals surface area contributed by atoms with Gasteiger partial charge in [0, 0.05) is 0 Å². The molecule has 0 rings (SSSR count). The quantitative estimate of drug-likeness (QED) is 0.0737. The lowest BCUT2D eigenvalue weighted by Crippen LogP contribution is -2.45. The molecule has 5 heteroatoms. The lowest BCUT2D eigenvalue weighted by Gasteiger charge is -2.21. The smallest absolute Gasteiger partial charge is 0.222 e. The van der Waals surface area contributed by atoms with E-state index in [-0.39, 0.29) is 18.9 Å². The number of rotatable bonds is 26. The standard InChI is InChI=1S/C31H59NO4/c1-3-5-7-9-11-13-14-15-16-17-19-21-23-25-30(35)29(27-33)32-31(36)26-28(34)24-22-20-18-12-10-8-6-4-2/h10,12,23,25,28-30,33-35H,3-9,11,13-22,24,26-27H2,1-2H3,(H,32,36)/b12-10-,25-23+. The van der Waals surface area contributed by atoms with Gasteiger partial charge in [-0.25, -0.2) is 0 Å². The first-order chi connectivity index (χ1) is 17.5. The molecule has 0 spiro atoms. The zero-order chi connectivity index (χ0) is 26.7. The summed E-state index contributed by atoms with van der Waals surface area (Å²) in [6.07, 6.45) is 28.7. The van der Waals surface area contributed by atoms with Crippen molar-refractivity contribution in [3.05, 3.63) is 24.3 Å². The summed E-state index contributed by atoms with van der Waals surface area (Å²) in [5, 5.41) is 32.7. The first-order valence-corrected chi connectivity index (χ1v) is 15.1. The number of nitrogens with one attached hydrogen (secondary N) is 1. The van der Waals surface area contributed by atoms with Gasteiger partial charge < -0.3 is 20.6 Å². The number of hydrogen-bond acceptors (Lipinski definition) is 4. The van der Waals surface area contributed by atoms with Crippen molar-refractivity contribution >= 4 is 5.91 Å². The van der Waals surface area contributed by atoms with Crippen LogP contribution in [0.5, 0.6) is 0 Å². The number of aliphatic hydroxyl groups excluding tert-OH is 3. The lowest BCUT2D eigenvalue weighted by atomic mass is 10.0. The minimum Gasteiger partial charge on any atom is -0.394 e. The molecule has 0 aliphatic rings. The van der Waals surface area contributed by atoms with Gasteiger partial charge in [0.05, 0.1) is 31.3 Å². The number of aliphatic hydroxyl groups is 3. The molecule has 0 aromatic heterocycles. The van der Waals surface area contributed by atoms with Gasteiger partial charge in [0.25, 0.3) is 0 Å². The highest BCUT2D eigenvalue weighted by molar-refractivity contribution is 5.76. The van der Waals surface area contributed by atoms with E-state index in [9.17, 15) is 20.1 Å². The molecule has 5 nitrogen and oxygen atoms in total. The summed E-state index contributed by atoms with van der Waals surface area (Å²) >= 11 is 0. The van der Waals surface area contributed by atoms with Crippen LogP contribution in [-0.4, -0.2) is 46.1 Å².